The standard InChI is InChI=1S/C11H10BrClN2O3S/c1-15-7-14-5-8(15)6-18-11-3-2-9(4-10(11)12)19(13,16)17/h2-5,7H,6H2,1H3. The Morgan fingerprint density at radius 3 is 2.74 bits per heavy atom. The molecule has 2 rings (SSSR count). The first-order valence-corrected chi connectivity index (χ1v) is 8.30. The van der Waals surface area contributed by atoms with Crippen LogP contribution in [0, 0.1) is 0 Å². The van der Waals surface area contributed by atoms with Crippen molar-refractivity contribution in [2.24, 2.45) is 7.05 Å². The molecule has 19 heavy (non-hydrogen) atoms. The Labute approximate surface area is 123 Å². The largest absolute Gasteiger partial charge is 0.486 e. The second-order valence-corrected chi connectivity index (χ2v) is 7.23. The number of rotatable bonds is 4. The molecule has 0 aliphatic carbocycles. The van der Waals surface area contributed by atoms with Crippen LogP contribution in [0.1, 0.15) is 5.69 Å². The topological polar surface area (TPSA) is 61.2 Å². The molecule has 0 aliphatic heterocycles. The van der Waals surface area contributed by atoms with E-state index in [4.69, 9.17) is 15.4 Å². The summed E-state index contributed by atoms with van der Waals surface area (Å²) < 4.78 is 30.3. The van der Waals surface area contributed by atoms with Crippen molar-refractivity contribution >= 4 is 35.7 Å². The van der Waals surface area contributed by atoms with Gasteiger partial charge in [-0.2, -0.15) is 0 Å². The molecule has 0 amide bonds. The summed E-state index contributed by atoms with van der Waals surface area (Å²) >= 11 is 3.25. The van der Waals surface area contributed by atoms with Crippen LogP contribution >= 0.6 is 26.6 Å². The van der Waals surface area contributed by atoms with E-state index in [0.29, 0.717) is 16.8 Å². The van der Waals surface area contributed by atoms with Crippen LogP contribution in [-0.2, 0) is 22.7 Å². The van der Waals surface area contributed by atoms with Gasteiger partial charge in [0.25, 0.3) is 9.05 Å². The van der Waals surface area contributed by atoms with Crippen molar-refractivity contribution in [3.63, 3.8) is 0 Å². The summed E-state index contributed by atoms with van der Waals surface area (Å²) in [6, 6.07) is 4.35. The molecule has 0 spiro atoms. The maximum Gasteiger partial charge on any atom is 0.261 e. The predicted octanol–water partition coefficient (Wildman–Crippen LogP) is 2.69. The van der Waals surface area contributed by atoms with Crippen LogP contribution in [0.4, 0.5) is 0 Å². The third-order valence-corrected chi connectivity index (χ3v) is 4.45. The van der Waals surface area contributed by atoms with Crippen molar-refractivity contribution in [2.45, 2.75) is 11.5 Å². The summed E-state index contributed by atoms with van der Waals surface area (Å²) in [5.41, 5.74) is 0.904. The molecule has 0 saturated heterocycles. The van der Waals surface area contributed by atoms with E-state index in [9.17, 15) is 8.42 Å². The van der Waals surface area contributed by atoms with Crippen molar-refractivity contribution < 1.29 is 13.2 Å². The number of imidazole rings is 1. The van der Waals surface area contributed by atoms with Gasteiger partial charge in [0.2, 0.25) is 0 Å². The third kappa shape index (κ3) is 3.49. The highest BCUT2D eigenvalue weighted by molar-refractivity contribution is 9.10. The molecule has 2 aromatic rings. The molecule has 1 aromatic carbocycles. The molecule has 0 atom stereocenters. The highest BCUT2D eigenvalue weighted by atomic mass is 79.9. The molecule has 5 nitrogen and oxygen atoms in total. The number of aryl methyl sites for hydroxylation is 1. The van der Waals surface area contributed by atoms with E-state index in [1.165, 1.54) is 12.1 Å². The molecular weight excluding hydrogens is 356 g/mol. The Kier molecular flexibility index (Phi) is 4.17. The summed E-state index contributed by atoms with van der Waals surface area (Å²) in [6.07, 6.45) is 3.38. The van der Waals surface area contributed by atoms with Gasteiger partial charge in [0.1, 0.15) is 12.4 Å². The van der Waals surface area contributed by atoms with Gasteiger partial charge in [-0.25, -0.2) is 13.4 Å². The Balaban J connectivity index is 2.16. The van der Waals surface area contributed by atoms with E-state index in [1.807, 2.05) is 11.6 Å². The van der Waals surface area contributed by atoms with Crippen LogP contribution in [0.15, 0.2) is 40.1 Å². The summed E-state index contributed by atoms with van der Waals surface area (Å²) in [5.74, 6) is 0.533. The molecule has 1 heterocycles. The number of aromatic nitrogens is 2. The van der Waals surface area contributed by atoms with E-state index in [0.717, 1.165) is 5.69 Å². The lowest BCUT2D eigenvalue weighted by atomic mass is 10.3. The Hall–Kier alpha value is -1.05. The quantitative estimate of drug-likeness (QED) is 0.782. The molecule has 0 radical (unpaired) electrons. The van der Waals surface area contributed by atoms with E-state index in [-0.39, 0.29) is 4.90 Å². The highest BCUT2D eigenvalue weighted by Gasteiger charge is 2.13. The van der Waals surface area contributed by atoms with Gasteiger partial charge in [-0.1, -0.05) is 0 Å². The molecular formula is C11H10BrClN2O3S. The second kappa shape index (κ2) is 5.52. The molecule has 8 heteroatoms. The molecule has 0 saturated carbocycles. The maximum absolute atomic E-state index is 11.2. The van der Waals surface area contributed by atoms with Crippen molar-refractivity contribution in [1.82, 2.24) is 9.55 Å². The summed E-state index contributed by atoms with van der Waals surface area (Å²) in [6.45, 7) is 0.335. The average Bonchev–Trinajstić information content (AvgIpc) is 2.72. The number of hydrogen-bond acceptors (Lipinski definition) is 4. The molecule has 102 valence electrons. The molecule has 0 fully saturated rings. The number of ether oxygens (including phenoxy) is 1. The number of benzene rings is 1. The number of hydrogen-bond donors (Lipinski definition) is 0. The smallest absolute Gasteiger partial charge is 0.261 e. The fourth-order valence-corrected chi connectivity index (χ4v) is 2.85. The highest BCUT2D eigenvalue weighted by Crippen LogP contribution is 2.29. The van der Waals surface area contributed by atoms with Crippen molar-refractivity contribution in [1.29, 1.82) is 0 Å². The predicted molar refractivity (Wildman–Crippen MR) is 74.7 cm³/mol. The molecule has 0 aliphatic rings. The molecule has 1 aromatic heterocycles. The number of nitrogens with zero attached hydrogens (tertiary/aromatic N) is 2. The van der Waals surface area contributed by atoms with Crippen LogP contribution in [0.5, 0.6) is 5.75 Å². The van der Waals surface area contributed by atoms with Crippen molar-refractivity contribution in [3.05, 3.63) is 40.9 Å². The summed E-state index contributed by atoms with van der Waals surface area (Å²) in [5, 5.41) is 0. The summed E-state index contributed by atoms with van der Waals surface area (Å²) in [4.78, 5) is 4.00. The van der Waals surface area contributed by atoms with Gasteiger partial charge >= 0.3 is 0 Å². The monoisotopic (exact) mass is 364 g/mol. The molecule has 0 N–H and O–H groups in total. The van der Waals surface area contributed by atoms with Gasteiger partial charge in [0, 0.05) is 17.7 Å². The van der Waals surface area contributed by atoms with E-state index in [2.05, 4.69) is 20.9 Å². The lowest BCUT2D eigenvalue weighted by Crippen LogP contribution is -2.02. The second-order valence-electron chi connectivity index (χ2n) is 3.81. The SMILES string of the molecule is Cn1cncc1COc1ccc(S(=O)(=O)Cl)cc1Br. The zero-order valence-corrected chi connectivity index (χ0v) is 13.0. The Bertz CT molecular complexity index is 700. The molecule has 0 unspecified atom stereocenters. The Morgan fingerprint density at radius 2 is 2.21 bits per heavy atom. The van der Waals surface area contributed by atoms with E-state index in [1.54, 1.807) is 18.6 Å². The van der Waals surface area contributed by atoms with Crippen LogP contribution in [0.25, 0.3) is 0 Å². The van der Waals surface area contributed by atoms with Crippen LogP contribution in [-0.4, -0.2) is 18.0 Å². The first-order chi connectivity index (χ1) is 8.88. The van der Waals surface area contributed by atoms with E-state index < -0.39 is 9.05 Å². The van der Waals surface area contributed by atoms with E-state index >= 15 is 0 Å². The van der Waals surface area contributed by atoms with Gasteiger partial charge in [-0.3, -0.25) is 0 Å². The maximum atomic E-state index is 11.2. The zero-order valence-electron chi connectivity index (χ0n) is 9.88. The first kappa shape index (κ1) is 14.4. The van der Waals surface area contributed by atoms with Gasteiger partial charge in [0.05, 0.1) is 27.6 Å². The van der Waals surface area contributed by atoms with Crippen LogP contribution in [0.2, 0.25) is 0 Å². The normalized spacial score (nSPS) is 11.5. The fraction of sp³-hybridized carbons (Fsp3) is 0.182. The minimum absolute atomic E-state index is 0.0222. The zero-order chi connectivity index (χ0) is 14.0. The van der Waals surface area contributed by atoms with Crippen LogP contribution in [0.3, 0.4) is 0 Å². The fourth-order valence-electron chi connectivity index (χ4n) is 1.43. The third-order valence-electron chi connectivity index (χ3n) is 2.48. The average molecular weight is 366 g/mol. The Morgan fingerprint density at radius 1 is 1.47 bits per heavy atom. The number of halogens is 2. The molecule has 0 bridgehead atoms. The van der Waals surface area contributed by atoms with Crippen LogP contribution < -0.4 is 4.74 Å². The van der Waals surface area contributed by atoms with Crippen molar-refractivity contribution in [2.75, 3.05) is 0 Å². The minimum atomic E-state index is -3.73. The summed E-state index contributed by atoms with van der Waals surface area (Å²) in [7, 11) is 3.39. The van der Waals surface area contributed by atoms with Gasteiger partial charge in [-0.05, 0) is 34.1 Å². The lowest BCUT2D eigenvalue weighted by Gasteiger charge is -2.09. The lowest BCUT2D eigenvalue weighted by molar-refractivity contribution is 0.295. The minimum Gasteiger partial charge on any atom is -0.486 e. The van der Waals surface area contributed by atoms with Gasteiger partial charge in [0.15, 0.2) is 0 Å². The van der Waals surface area contributed by atoms with Gasteiger partial charge in [-0.15, -0.1) is 0 Å². The van der Waals surface area contributed by atoms with Crippen molar-refractivity contribution in [3.8, 4) is 5.75 Å². The van der Waals surface area contributed by atoms with Gasteiger partial charge < -0.3 is 9.30 Å². The first-order valence-electron chi connectivity index (χ1n) is 5.20.